The summed E-state index contributed by atoms with van der Waals surface area (Å²) >= 11 is 5.86. The SMILES string of the molecule is CCOc1ccc(C(=O)NC[C@@H](c2ccco2)S(=O)(=O)c2ccc(Cl)cc2)cc1. The van der Waals surface area contributed by atoms with Gasteiger partial charge in [-0.1, -0.05) is 11.6 Å². The summed E-state index contributed by atoms with van der Waals surface area (Å²) in [6.45, 7) is 2.25. The number of halogens is 1. The molecule has 0 aliphatic carbocycles. The molecule has 0 aliphatic rings. The summed E-state index contributed by atoms with van der Waals surface area (Å²) in [5.74, 6) is 0.505. The third-order valence-electron chi connectivity index (χ3n) is 4.25. The van der Waals surface area contributed by atoms with Crippen LogP contribution in [0.2, 0.25) is 5.02 Å². The molecule has 3 aromatic rings. The van der Waals surface area contributed by atoms with E-state index < -0.39 is 21.0 Å². The van der Waals surface area contributed by atoms with Gasteiger partial charge in [-0.25, -0.2) is 8.42 Å². The fourth-order valence-corrected chi connectivity index (χ4v) is 4.50. The van der Waals surface area contributed by atoms with Gasteiger partial charge in [0.05, 0.1) is 17.8 Å². The molecule has 1 N–H and O–H groups in total. The molecule has 0 spiro atoms. The normalized spacial score (nSPS) is 12.3. The second-order valence-corrected chi connectivity index (χ2v) is 8.74. The fraction of sp³-hybridized carbons (Fsp3) is 0.190. The molecule has 1 atom stereocenters. The lowest BCUT2D eigenvalue weighted by Crippen LogP contribution is -2.31. The summed E-state index contributed by atoms with van der Waals surface area (Å²) < 4.78 is 37.0. The standard InChI is InChI=1S/C21H20ClNO5S/c1-2-27-17-9-5-15(6-10-17)21(24)23-14-20(19-4-3-13-28-19)29(25,26)18-11-7-16(22)8-12-18/h3-13,20H,2,14H2,1H3,(H,23,24)/t20-/m0/s1. The van der Waals surface area contributed by atoms with Gasteiger partial charge in [0.15, 0.2) is 9.84 Å². The predicted octanol–water partition coefficient (Wildman–Crippen LogP) is 4.28. The van der Waals surface area contributed by atoms with Crippen molar-refractivity contribution in [3.63, 3.8) is 0 Å². The van der Waals surface area contributed by atoms with Crippen molar-refractivity contribution >= 4 is 27.3 Å². The third-order valence-corrected chi connectivity index (χ3v) is 6.58. The minimum Gasteiger partial charge on any atom is -0.494 e. The van der Waals surface area contributed by atoms with Crippen LogP contribution in [0, 0.1) is 0 Å². The largest absolute Gasteiger partial charge is 0.494 e. The first-order chi connectivity index (χ1) is 13.9. The van der Waals surface area contributed by atoms with E-state index >= 15 is 0 Å². The van der Waals surface area contributed by atoms with Gasteiger partial charge >= 0.3 is 0 Å². The number of furan rings is 1. The van der Waals surface area contributed by atoms with Crippen LogP contribution in [0.4, 0.5) is 0 Å². The van der Waals surface area contributed by atoms with E-state index in [2.05, 4.69) is 5.32 Å². The Morgan fingerprint density at radius 2 is 1.79 bits per heavy atom. The van der Waals surface area contributed by atoms with Crippen LogP contribution in [-0.4, -0.2) is 27.5 Å². The molecule has 3 rings (SSSR count). The number of hydrogen-bond donors (Lipinski definition) is 1. The number of sulfone groups is 1. The van der Waals surface area contributed by atoms with Gasteiger partial charge in [0.25, 0.3) is 5.91 Å². The molecule has 1 aromatic heterocycles. The first-order valence-electron chi connectivity index (χ1n) is 8.95. The fourth-order valence-electron chi connectivity index (χ4n) is 2.78. The third kappa shape index (κ3) is 4.99. The van der Waals surface area contributed by atoms with Crippen LogP contribution in [0.1, 0.15) is 28.3 Å². The first kappa shape index (κ1) is 21.0. The molecule has 0 saturated carbocycles. The van der Waals surface area contributed by atoms with Crippen molar-refractivity contribution in [1.82, 2.24) is 5.32 Å². The van der Waals surface area contributed by atoms with Gasteiger partial charge in [0.2, 0.25) is 0 Å². The number of carbonyl (C=O) groups excluding carboxylic acids is 1. The van der Waals surface area contributed by atoms with E-state index in [-0.39, 0.29) is 17.2 Å². The highest BCUT2D eigenvalue weighted by Crippen LogP contribution is 2.29. The van der Waals surface area contributed by atoms with E-state index in [0.717, 1.165) is 0 Å². The average molecular weight is 434 g/mol. The summed E-state index contributed by atoms with van der Waals surface area (Å²) in [7, 11) is -3.82. The topological polar surface area (TPSA) is 85.6 Å². The average Bonchev–Trinajstić information content (AvgIpc) is 3.23. The van der Waals surface area contributed by atoms with Gasteiger partial charge in [0.1, 0.15) is 16.8 Å². The van der Waals surface area contributed by atoms with E-state index in [1.165, 1.54) is 30.5 Å². The summed E-state index contributed by atoms with van der Waals surface area (Å²) in [5, 5.41) is 2.04. The van der Waals surface area contributed by atoms with E-state index in [9.17, 15) is 13.2 Å². The number of carbonyl (C=O) groups is 1. The molecule has 0 bridgehead atoms. The van der Waals surface area contributed by atoms with Gasteiger partial charge in [0, 0.05) is 17.1 Å². The van der Waals surface area contributed by atoms with E-state index in [1.54, 1.807) is 36.4 Å². The van der Waals surface area contributed by atoms with Gasteiger partial charge in [-0.15, -0.1) is 0 Å². The van der Waals surface area contributed by atoms with Crippen molar-refractivity contribution in [2.24, 2.45) is 0 Å². The maximum Gasteiger partial charge on any atom is 0.251 e. The molecule has 6 nitrogen and oxygen atoms in total. The Labute approximate surface area is 174 Å². The van der Waals surface area contributed by atoms with E-state index in [0.29, 0.717) is 22.9 Å². The van der Waals surface area contributed by atoms with Crippen LogP contribution in [0.5, 0.6) is 5.75 Å². The molecular weight excluding hydrogens is 414 g/mol. The van der Waals surface area contributed by atoms with Crippen molar-refractivity contribution in [2.45, 2.75) is 17.1 Å². The Hall–Kier alpha value is -2.77. The van der Waals surface area contributed by atoms with Gasteiger partial charge in [-0.05, 0) is 67.6 Å². The van der Waals surface area contributed by atoms with Crippen LogP contribution in [0.15, 0.2) is 76.2 Å². The molecule has 8 heteroatoms. The zero-order valence-corrected chi connectivity index (χ0v) is 17.2. The van der Waals surface area contributed by atoms with Gasteiger partial charge in [-0.3, -0.25) is 4.79 Å². The Morgan fingerprint density at radius 1 is 1.10 bits per heavy atom. The lowest BCUT2D eigenvalue weighted by Gasteiger charge is -2.17. The van der Waals surface area contributed by atoms with Gasteiger partial charge in [-0.2, -0.15) is 0 Å². The van der Waals surface area contributed by atoms with E-state index in [1.807, 2.05) is 6.92 Å². The first-order valence-corrected chi connectivity index (χ1v) is 10.9. The van der Waals surface area contributed by atoms with E-state index in [4.69, 9.17) is 20.8 Å². The second kappa shape index (κ2) is 9.15. The number of amides is 1. The molecule has 1 heterocycles. The van der Waals surface area contributed by atoms with Crippen molar-refractivity contribution in [3.05, 3.63) is 83.3 Å². The van der Waals surface area contributed by atoms with Crippen LogP contribution >= 0.6 is 11.6 Å². The summed E-state index contributed by atoms with van der Waals surface area (Å²) in [6.07, 6.45) is 1.40. The van der Waals surface area contributed by atoms with Crippen molar-refractivity contribution in [2.75, 3.05) is 13.2 Å². The molecule has 152 valence electrons. The smallest absolute Gasteiger partial charge is 0.251 e. The number of hydrogen-bond acceptors (Lipinski definition) is 5. The lowest BCUT2D eigenvalue weighted by molar-refractivity contribution is 0.0953. The van der Waals surface area contributed by atoms with Crippen molar-refractivity contribution < 1.29 is 22.4 Å². The lowest BCUT2D eigenvalue weighted by atomic mass is 10.2. The highest BCUT2D eigenvalue weighted by atomic mass is 35.5. The molecule has 29 heavy (non-hydrogen) atoms. The Kier molecular flexibility index (Phi) is 6.61. The highest BCUT2D eigenvalue weighted by Gasteiger charge is 2.32. The Balaban J connectivity index is 1.80. The molecule has 0 radical (unpaired) electrons. The molecular formula is C21H20ClNO5S. The summed E-state index contributed by atoms with van der Waals surface area (Å²) in [5.41, 5.74) is 0.399. The van der Waals surface area contributed by atoms with Crippen molar-refractivity contribution in [3.8, 4) is 5.75 Å². The Bertz CT molecular complexity index is 1050. The maximum absolute atomic E-state index is 13.1. The van der Waals surface area contributed by atoms with Crippen LogP contribution in [0.25, 0.3) is 0 Å². The second-order valence-electron chi connectivity index (χ2n) is 6.17. The zero-order chi connectivity index (χ0) is 20.9. The zero-order valence-electron chi connectivity index (χ0n) is 15.7. The minimum absolute atomic E-state index is 0.0959. The summed E-state index contributed by atoms with van der Waals surface area (Å²) in [6, 6.07) is 15.7. The minimum atomic E-state index is -3.82. The molecule has 1 amide bonds. The number of nitrogens with one attached hydrogen (secondary N) is 1. The van der Waals surface area contributed by atoms with Crippen LogP contribution < -0.4 is 10.1 Å². The number of rotatable bonds is 8. The monoisotopic (exact) mass is 433 g/mol. The Morgan fingerprint density at radius 3 is 2.38 bits per heavy atom. The van der Waals surface area contributed by atoms with Crippen molar-refractivity contribution in [1.29, 1.82) is 0 Å². The number of benzene rings is 2. The quantitative estimate of drug-likeness (QED) is 0.573. The number of ether oxygens (including phenoxy) is 1. The van der Waals surface area contributed by atoms with Crippen LogP contribution in [-0.2, 0) is 9.84 Å². The van der Waals surface area contributed by atoms with Crippen LogP contribution in [0.3, 0.4) is 0 Å². The molecule has 2 aromatic carbocycles. The van der Waals surface area contributed by atoms with Gasteiger partial charge < -0.3 is 14.5 Å². The molecule has 0 saturated heterocycles. The summed E-state index contributed by atoms with van der Waals surface area (Å²) in [4.78, 5) is 12.6. The molecule has 0 fully saturated rings. The highest BCUT2D eigenvalue weighted by molar-refractivity contribution is 7.91. The molecule has 0 aliphatic heterocycles. The molecule has 0 unspecified atom stereocenters. The maximum atomic E-state index is 13.1. The predicted molar refractivity (Wildman–Crippen MR) is 110 cm³/mol.